The number of morpholine rings is 1. The Labute approximate surface area is 175 Å². The van der Waals surface area contributed by atoms with Crippen molar-refractivity contribution in [1.29, 1.82) is 0 Å². The molecule has 156 valence electrons. The summed E-state index contributed by atoms with van der Waals surface area (Å²) in [6.45, 7) is 5.49. The molecular formula is C21H19F2N3O3S. The highest BCUT2D eigenvalue weighted by molar-refractivity contribution is 7.21. The molecule has 30 heavy (non-hydrogen) atoms. The van der Waals surface area contributed by atoms with Crippen LogP contribution in [0.4, 0.5) is 14.5 Å². The van der Waals surface area contributed by atoms with Gasteiger partial charge in [0.1, 0.15) is 21.3 Å². The molecule has 0 aliphatic carbocycles. The van der Waals surface area contributed by atoms with E-state index in [0.29, 0.717) is 53.2 Å². The SMILES string of the molecule is Cc1cc(C)c2c(NC(=O)c3cc(F)cc(F)c3)c(C(=O)N3CCOCC3)sc2n1. The Balaban J connectivity index is 1.79. The Kier molecular flexibility index (Phi) is 5.48. The number of hydrogen-bond acceptors (Lipinski definition) is 5. The van der Waals surface area contributed by atoms with Crippen LogP contribution in [0.15, 0.2) is 24.3 Å². The van der Waals surface area contributed by atoms with E-state index in [1.807, 2.05) is 19.9 Å². The molecule has 2 amide bonds. The first-order chi connectivity index (χ1) is 14.3. The molecule has 0 radical (unpaired) electrons. The number of nitrogens with zero attached hydrogens (tertiary/aromatic N) is 2. The highest BCUT2D eigenvalue weighted by Crippen LogP contribution is 2.38. The van der Waals surface area contributed by atoms with Crippen LogP contribution in [-0.4, -0.2) is 48.0 Å². The van der Waals surface area contributed by atoms with E-state index in [1.165, 1.54) is 11.3 Å². The Hall–Kier alpha value is -2.91. The molecule has 3 aromatic rings. The third-order valence-corrected chi connectivity index (χ3v) is 5.91. The lowest BCUT2D eigenvalue weighted by Crippen LogP contribution is -2.40. The van der Waals surface area contributed by atoms with E-state index in [4.69, 9.17) is 4.74 Å². The van der Waals surface area contributed by atoms with Crippen LogP contribution in [-0.2, 0) is 4.74 Å². The molecule has 1 saturated heterocycles. The topological polar surface area (TPSA) is 71.5 Å². The minimum absolute atomic E-state index is 0.172. The molecule has 2 aromatic heterocycles. The Bertz CT molecular complexity index is 1140. The summed E-state index contributed by atoms with van der Waals surface area (Å²) in [6, 6.07) is 4.45. The van der Waals surface area contributed by atoms with Crippen molar-refractivity contribution in [3.63, 3.8) is 0 Å². The van der Waals surface area contributed by atoms with Crippen LogP contribution < -0.4 is 5.32 Å². The number of aryl methyl sites for hydroxylation is 2. The number of hydrogen-bond donors (Lipinski definition) is 1. The third-order valence-electron chi connectivity index (χ3n) is 4.84. The first-order valence-electron chi connectivity index (χ1n) is 9.38. The summed E-state index contributed by atoms with van der Waals surface area (Å²) >= 11 is 1.19. The summed E-state index contributed by atoms with van der Waals surface area (Å²) < 4.78 is 32.5. The lowest BCUT2D eigenvalue weighted by Gasteiger charge is -2.26. The second-order valence-electron chi connectivity index (χ2n) is 7.08. The van der Waals surface area contributed by atoms with Gasteiger partial charge in [0.2, 0.25) is 0 Å². The van der Waals surface area contributed by atoms with Gasteiger partial charge in [-0.3, -0.25) is 9.59 Å². The fourth-order valence-corrected chi connectivity index (χ4v) is 4.71. The van der Waals surface area contributed by atoms with Gasteiger partial charge in [0, 0.05) is 35.8 Å². The zero-order valence-corrected chi connectivity index (χ0v) is 17.2. The average molecular weight is 431 g/mol. The van der Waals surface area contributed by atoms with Crippen molar-refractivity contribution in [2.75, 3.05) is 31.6 Å². The molecule has 1 aliphatic rings. The van der Waals surface area contributed by atoms with Gasteiger partial charge in [-0.15, -0.1) is 11.3 Å². The van der Waals surface area contributed by atoms with Gasteiger partial charge < -0.3 is 15.0 Å². The standard InChI is InChI=1S/C21H19F2N3O3S/c1-11-7-12(2)24-20-16(11)17(18(30-20)21(28)26-3-5-29-6-4-26)25-19(27)13-8-14(22)10-15(23)9-13/h7-10H,3-6H2,1-2H3,(H,25,27). The fourth-order valence-electron chi connectivity index (χ4n) is 3.49. The monoisotopic (exact) mass is 431 g/mol. The van der Waals surface area contributed by atoms with Crippen LogP contribution in [0.1, 0.15) is 31.3 Å². The number of nitrogens with one attached hydrogen (secondary N) is 1. The average Bonchev–Trinajstić information content (AvgIpc) is 3.05. The number of aromatic nitrogens is 1. The van der Waals surface area contributed by atoms with Gasteiger partial charge in [0.25, 0.3) is 11.8 Å². The molecule has 1 fully saturated rings. The zero-order chi connectivity index (χ0) is 21.4. The van der Waals surface area contributed by atoms with Crippen LogP contribution in [0.3, 0.4) is 0 Å². The molecule has 0 bridgehead atoms. The molecule has 0 spiro atoms. The number of benzene rings is 1. The number of carbonyl (C=O) groups is 2. The minimum Gasteiger partial charge on any atom is -0.378 e. The predicted octanol–water partition coefficient (Wildman–Crippen LogP) is 3.92. The number of amides is 2. The molecular weight excluding hydrogens is 412 g/mol. The van der Waals surface area contributed by atoms with Gasteiger partial charge in [0.15, 0.2) is 0 Å². The molecule has 1 aliphatic heterocycles. The number of anilines is 1. The van der Waals surface area contributed by atoms with Crippen molar-refractivity contribution in [3.05, 3.63) is 57.6 Å². The molecule has 4 rings (SSSR count). The molecule has 0 unspecified atom stereocenters. The van der Waals surface area contributed by atoms with Crippen molar-refractivity contribution < 1.29 is 23.1 Å². The van der Waals surface area contributed by atoms with E-state index in [2.05, 4.69) is 10.3 Å². The normalized spacial score (nSPS) is 14.2. The second kappa shape index (κ2) is 8.08. The molecule has 3 heterocycles. The van der Waals surface area contributed by atoms with Gasteiger partial charge in [-0.1, -0.05) is 0 Å². The molecule has 0 atom stereocenters. The van der Waals surface area contributed by atoms with E-state index in [0.717, 1.165) is 23.4 Å². The number of pyridine rings is 1. The maximum atomic E-state index is 13.6. The molecule has 1 N–H and O–H groups in total. The van der Waals surface area contributed by atoms with E-state index < -0.39 is 17.5 Å². The number of fused-ring (bicyclic) bond motifs is 1. The van der Waals surface area contributed by atoms with Crippen molar-refractivity contribution in [2.24, 2.45) is 0 Å². The summed E-state index contributed by atoms with van der Waals surface area (Å²) in [5.41, 5.74) is 1.77. The number of carbonyl (C=O) groups excluding carboxylic acids is 2. The number of ether oxygens (including phenoxy) is 1. The number of rotatable bonds is 3. The maximum Gasteiger partial charge on any atom is 0.266 e. The Morgan fingerprint density at radius 3 is 2.43 bits per heavy atom. The quantitative estimate of drug-likeness (QED) is 0.683. The fraction of sp³-hybridized carbons (Fsp3) is 0.286. The van der Waals surface area contributed by atoms with Gasteiger partial charge in [-0.05, 0) is 37.6 Å². The van der Waals surface area contributed by atoms with E-state index in [9.17, 15) is 18.4 Å². The lowest BCUT2D eigenvalue weighted by molar-refractivity contribution is 0.0307. The second-order valence-corrected chi connectivity index (χ2v) is 8.08. The molecule has 0 saturated carbocycles. The molecule has 1 aromatic carbocycles. The third kappa shape index (κ3) is 3.90. The van der Waals surface area contributed by atoms with Gasteiger partial charge in [-0.25, -0.2) is 13.8 Å². The zero-order valence-electron chi connectivity index (χ0n) is 16.4. The van der Waals surface area contributed by atoms with Crippen LogP contribution in [0, 0.1) is 25.5 Å². The Morgan fingerprint density at radius 2 is 1.77 bits per heavy atom. The Morgan fingerprint density at radius 1 is 1.10 bits per heavy atom. The summed E-state index contributed by atoms with van der Waals surface area (Å²) in [7, 11) is 0. The van der Waals surface area contributed by atoms with Gasteiger partial charge >= 0.3 is 0 Å². The summed E-state index contributed by atoms with van der Waals surface area (Å²) in [5.74, 6) is -2.65. The smallest absolute Gasteiger partial charge is 0.266 e. The maximum absolute atomic E-state index is 13.6. The first kappa shape index (κ1) is 20.4. The van der Waals surface area contributed by atoms with Crippen LogP contribution >= 0.6 is 11.3 Å². The van der Waals surface area contributed by atoms with Crippen LogP contribution in [0.2, 0.25) is 0 Å². The number of halogens is 2. The lowest BCUT2D eigenvalue weighted by atomic mass is 10.1. The summed E-state index contributed by atoms with van der Waals surface area (Å²) in [6.07, 6.45) is 0. The van der Waals surface area contributed by atoms with Crippen molar-refractivity contribution in [2.45, 2.75) is 13.8 Å². The van der Waals surface area contributed by atoms with E-state index in [-0.39, 0.29) is 11.5 Å². The molecule has 9 heteroatoms. The highest BCUT2D eigenvalue weighted by Gasteiger charge is 2.27. The predicted molar refractivity (Wildman–Crippen MR) is 110 cm³/mol. The van der Waals surface area contributed by atoms with Crippen molar-refractivity contribution >= 4 is 39.1 Å². The van der Waals surface area contributed by atoms with Gasteiger partial charge in [-0.2, -0.15) is 0 Å². The summed E-state index contributed by atoms with van der Waals surface area (Å²) in [4.78, 5) is 33.1. The first-order valence-corrected chi connectivity index (χ1v) is 10.2. The number of thiophene rings is 1. The van der Waals surface area contributed by atoms with Crippen molar-refractivity contribution in [3.8, 4) is 0 Å². The molecule has 6 nitrogen and oxygen atoms in total. The van der Waals surface area contributed by atoms with Crippen LogP contribution in [0.25, 0.3) is 10.2 Å². The van der Waals surface area contributed by atoms with E-state index >= 15 is 0 Å². The van der Waals surface area contributed by atoms with Crippen molar-refractivity contribution in [1.82, 2.24) is 9.88 Å². The minimum atomic E-state index is -0.853. The highest BCUT2D eigenvalue weighted by atomic mass is 32.1. The largest absolute Gasteiger partial charge is 0.378 e. The van der Waals surface area contributed by atoms with E-state index in [1.54, 1.807) is 4.90 Å². The van der Waals surface area contributed by atoms with Gasteiger partial charge in [0.05, 0.1) is 18.9 Å². The summed E-state index contributed by atoms with van der Waals surface area (Å²) in [5, 5.41) is 3.35. The van der Waals surface area contributed by atoms with Crippen LogP contribution in [0.5, 0.6) is 0 Å².